The molecule has 0 spiro atoms. The zero-order chi connectivity index (χ0) is 16.9. The minimum atomic E-state index is 0.198. The van der Waals surface area contributed by atoms with Gasteiger partial charge in [0.2, 0.25) is 0 Å². The van der Waals surface area contributed by atoms with E-state index in [-0.39, 0.29) is 5.92 Å². The predicted octanol–water partition coefficient (Wildman–Crippen LogP) is 4.90. The highest BCUT2D eigenvalue weighted by molar-refractivity contribution is 7.15. The van der Waals surface area contributed by atoms with Crippen molar-refractivity contribution in [2.24, 2.45) is 5.92 Å². The number of hydrogen-bond acceptors (Lipinski definition) is 5. The molecule has 3 rings (SSSR count). The fourth-order valence-corrected chi connectivity index (χ4v) is 4.16. The van der Waals surface area contributed by atoms with Crippen LogP contribution in [-0.2, 0) is 0 Å². The number of unbranched alkanes of at least 4 members (excludes halogenated alkanes) is 1. The Balaban J connectivity index is 1.91. The van der Waals surface area contributed by atoms with Crippen molar-refractivity contribution in [3.8, 4) is 16.6 Å². The van der Waals surface area contributed by atoms with Crippen LogP contribution in [0.2, 0.25) is 0 Å². The first kappa shape index (κ1) is 16.6. The molecule has 24 heavy (non-hydrogen) atoms. The van der Waals surface area contributed by atoms with E-state index in [4.69, 9.17) is 0 Å². The van der Waals surface area contributed by atoms with Gasteiger partial charge in [0.15, 0.2) is 0 Å². The molecule has 3 aromatic heterocycles. The lowest BCUT2D eigenvalue weighted by atomic mass is 9.88. The van der Waals surface area contributed by atoms with Gasteiger partial charge in [-0.25, -0.2) is 15.0 Å². The summed E-state index contributed by atoms with van der Waals surface area (Å²) in [5, 5.41) is 11.3. The molecule has 0 aromatic carbocycles. The number of rotatable bonds is 7. The second-order valence-electron chi connectivity index (χ2n) is 6.11. The van der Waals surface area contributed by atoms with Gasteiger partial charge in [-0.05, 0) is 12.0 Å². The van der Waals surface area contributed by atoms with Crippen molar-refractivity contribution < 1.29 is 0 Å². The normalized spacial score (nSPS) is 13.7. The Morgan fingerprint density at radius 1 is 1.33 bits per heavy atom. The molecule has 2 atom stereocenters. The molecule has 3 aromatic rings. The Kier molecular flexibility index (Phi) is 5.21. The van der Waals surface area contributed by atoms with Crippen LogP contribution in [-0.4, -0.2) is 19.9 Å². The monoisotopic (exact) mass is 339 g/mol. The SMILES string of the molecule is CCCCC(C)C(CC#N)c1ncc(-c2ncnc3[nH]ccc23)s1. The van der Waals surface area contributed by atoms with E-state index >= 15 is 0 Å². The lowest BCUT2D eigenvalue weighted by molar-refractivity contribution is 0.417. The van der Waals surface area contributed by atoms with E-state index in [2.05, 4.69) is 39.9 Å². The maximum Gasteiger partial charge on any atom is 0.141 e. The molecule has 3 heterocycles. The lowest BCUT2D eigenvalue weighted by Gasteiger charge is -2.19. The molecule has 2 unspecified atom stereocenters. The average Bonchev–Trinajstić information content (AvgIpc) is 3.26. The highest BCUT2D eigenvalue weighted by atomic mass is 32.1. The fourth-order valence-electron chi connectivity index (χ4n) is 2.99. The van der Waals surface area contributed by atoms with Crippen molar-refractivity contribution in [1.82, 2.24) is 19.9 Å². The Labute approximate surface area is 145 Å². The summed E-state index contributed by atoms with van der Waals surface area (Å²) in [7, 11) is 0. The van der Waals surface area contributed by atoms with Gasteiger partial charge in [-0.3, -0.25) is 0 Å². The van der Waals surface area contributed by atoms with Crippen LogP contribution in [0, 0.1) is 17.2 Å². The van der Waals surface area contributed by atoms with Gasteiger partial charge in [0.05, 0.1) is 21.6 Å². The summed E-state index contributed by atoms with van der Waals surface area (Å²) in [6.07, 6.45) is 9.34. The van der Waals surface area contributed by atoms with Crippen LogP contribution in [0.15, 0.2) is 24.8 Å². The first-order chi connectivity index (χ1) is 11.7. The molecule has 5 nitrogen and oxygen atoms in total. The number of aromatic nitrogens is 4. The summed E-state index contributed by atoms with van der Waals surface area (Å²) in [6.45, 7) is 4.43. The van der Waals surface area contributed by atoms with Crippen molar-refractivity contribution in [3.05, 3.63) is 29.8 Å². The number of thiazole rings is 1. The molecule has 0 saturated carbocycles. The largest absolute Gasteiger partial charge is 0.346 e. The number of aromatic amines is 1. The highest BCUT2D eigenvalue weighted by Gasteiger charge is 2.23. The first-order valence-corrected chi connectivity index (χ1v) is 9.17. The van der Waals surface area contributed by atoms with Gasteiger partial charge in [0.1, 0.15) is 12.0 Å². The third-order valence-electron chi connectivity index (χ3n) is 4.44. The second kappa shape index (κ2) is 7.54. The molecule has 0 bridgehead atoms. The summed E-state index contributed by atoms with van der Waals surface area (Å²) in [4.78, 5) is 17.4. The summed E-state index contributed by atoms with van der Waals surface area (Å²) >= 11 is 1.65. The fraction of sp³-hybridized carbons (Fsp3) is 0.444. The molecule has 124 valence electrons. The molecule has 0 saturated heterocycles. The molecule has 6 heteroatoms. The molecule has 0 aliphatic heterocycles. The van der Waals surface area contributed by atoms with Crippen molar-refractivity contribution >= 4 is 22.4 Å². The van der Waals surface area contributed by atoms with Crippen LogP contribution in [0.4, 0.5) is 0 Å². The summed E-state index contributed by atoms with van der Waals surface area (Å²) in [6, 6.07) is 4.32. The van der Waals surface area contributed by atoms with Crippen molar-refractivity contribution in [2.45, 2.75) is 45.4 Å². The van der Waals surface area contributed by atoms with E-state index in [0.29, 0.717) is 12.3 Å². The number of nitrogens with one attached hydrogen (secondary N) is 1. The van der Waals surface area contributed by atoms with Gasteiger partial charge in [0, 0.05) is 30.1 Å². The zero-order valence-corrected chi connectivity index (χ0v) is 14.8. The maximum absolute atomic E-state index is 9.21. The van der Waals surface area contributed by atoms with Crippen molar-refractivity contribution in [3.63, 3.8) is 0 Å². The Morgan fingerprint density at radius 3 is 3.00 bits per heavy atom. The highest BCUT2D eigenvalue weighted by Crippen LogP contribution is 2.37. The summed E-state index contributed by atoms with van der Waals surface area (Å²) in [5.74, 6) is 0.658. The van der Waals surface area contributed by atoms with E-state index in [0.717, 1.165) is 33.0 Å². The van der Waals surface area contributed by atoms with E-state index < -0.39 is 0 Å². The Morgan fingerprint density at radius 2 is 2.21 bits per heavy atom. The molecule has 0 aliphatic rings. The minimum Gasteiger partial charge on any atom is -0.346 e. The van der Waals surface area contributed by atoms with Crippen LogP contribution in [0.5, 0.6) is 0 Å². The number of nitrogens with zero attached hydrogens (tertiary/aromatic N) is 4. The molecule has 0 aliphatic carbocycles. The van der Waals surface area contributed by atoms with Gasteiger partial charge < -0.3 is 4.98 Å². The van der Waals surface area contributed by atoms with Crippen LogP contribution in [0.3, 0.4) is 0 Å². The van der Waals surface area contributed by atoms with Crippen molar-refractivity contribution in [1.29, 1.82) is 5.26 Å². The standard InChI is InChI=1S/C18H21N5S/c1-3-4-5-12(2)13(6-8-19)18-21-10-15(24-18)16-14-7-9-20-17(14)23-11-22-16/h7,9-13H,3-6H2,1-2H3,(H,20,22,23). The van der Waals surface area contributed by atoms with Crippen LogP contribution >= 0.6 is 11.3 Å². The van der Waals surface area contributed by atoms with E-state index in [9.17, 15) is 5.26 Å². The number of fused-ring (bicyclic) bond motifs is 1. The molecule has 1 N–H and O–H groups in total. The molecule has 0 radical (unpaired) electrons. The Bertz CT molecular complexity index is 844. The molecule has 0 fully saturated rings. The summed E-state index contributed by atoms with van der Waals surface area (Å²) in [5.41, 5.74) is 1.74. The molecular formula is C18H21N5S. The van der Waals surface area contributed by atoms with Crippen molar-refractivity contribution in [2.75, 3.05) is 0 Å². The van der Waals surface area contributed by atoms with E-state index in [1.165, 1.54) is 12.8 Å². The lowest BCUT2D eigenvalue weighted by Crippen LogP contribution is -2.09. The number of hydrogen-bond donors (Lipinski definition) is 1. The third-order valence-corrected chi connectivity index (χ3v) is 5.58. The van der Waals surface area contributed by atoms with Gasteiger partial charge in [-0.15, -0.1) is 11.3 Å². The van der Waals surface area contributed by atoms with E-state index in [1.807, 2.05) is 18.5 Å². The van der Waals surface area contributed by atoms with E-state index in [1.54, 1.807) is 17.7 Å². The number of H-pyrrole nitrogens is 1. The van der Waals surface area contributed by atoms with Crippen LogP contribution < -0.4 is 0 Å². The first-order valence-electron chi connectivity index (χ1n) is 8.35. The zero-order valence-electron chi connectivity index (χ0n) is 14.0. The average molecular weight is 339 g/mol. The smallest absolute Gasteiger partial charge is 0.141 e. The van der Waals surface area contributed by atoms with Crippen LogP contribution in [0.25, 0.3) is 21.6 Å². The van der Waals surface area contributed by atoms with Gasteiger partial charge in [-0.2, -0.15) is 5.26 Å². The quantitative estimate of drug-likeness (QED) is 0.663. The second-order valence-corrected chi connectivity index (χ2v) is 7.18. The van der Waals surface area contributed by atoms with Gasteiger partial charge in [-0.1, -0.05) is 33.1 Å². The van der Waals surface area contributed by atoms with Gasteiger partial charge >= 0.3 is 0 Å². The predicted molar refractivity (Wildman–Crippen MR) is 96.7 cm³/mol. The maximum atomic E-state index is 9.21. The van der Waals surface area contributed by atoms with Crippen LogP contribution in [0.1, 0.15) is 50.5 Å². The third kappa shape index (κ3) is 3.31. The molecule has 0 amide bonds. The minimum absolute atomic E-state index is 0.198. The van der Waals surface area contributed by atoms with Gasteiger partial charge in [0.25, 0.3) is 0 Å². The summed E-state index contributed by atoms with van der Waals surface area (Å²) < 4.78 is 0. The number of nitriles is 1. The Hall–Kier alpha value is -2.26. The molecular weight excluding hydrogens is 318 g/mol. The topological polar surface area (TPSA) is 78.2 Å².